The standard InChI is InChI=1S/C28H33FN6O2/c1-34-10-7-24(8-11-34)35-26-15-20(4-6-22(26)17-32-35)19-3-5-21(25(29)14-19)13-23(16-30)33-28(36)27-18-31-9-2-12-37-27/h3-6,14-15,17,23-24,27,31H,2,7-13,18H2,1H3,(H,33,36)/t23-,27+/m1/s1. The van der Waals surface area contributed by atoms with Crippen molar-refractivity contribution in [2.24, 2.45) is 0 Å². The van der Waals surface area contributed by atoms with Crippen LogP contribution in [0.4, 0.5) is 4.39 Å². The average molecular weight is 505 g/mol. The van der Waals surface area contributed by atoms with Crippen LogP contribution >= 0.6 is 0 Å². The van der Waals surface area contributed by atoms with Crippen molar-refractivity contribution >= 4 is 16.8 Å². The molecule has 0 spiro atoms. The molecule has 0 aliphatic carbocycles. The van der Waals surface area contributed by atoms with Gasteiger partial charge in [-0.15, -0.1) is 0 Å². The van der Waals surface area contributed by atoms with Crippen molar-refractivity contribution in [1.29, 1.82) is 5.26 Å². The molecule has 1 aromatic heterocycles. The summed E-state index contributed by atoms with van der Waals surface area (Å²) in [6.45, 7) is 3.77. The third kappa shape index (κ3) is 5.82. The molecule has 2 aliphatic heterocycles. The fourth-order valence-electron chi connectivity index (χ4n) is 5.14. The maximum absolute atomic E-state index is 15.2. The molecule has 2 saturated heterocycles. The minimum absolute atomic E-state index is 0.0798. The summed E-state index contributed by atoms with van der Waals surface area (Å²) >= 11 is 0. The van der Waals surface area contributed by atoms with Gasteiger partial charge in [0.2, 0.25) is 0 Å². The maximum Gasteiger partial charge on any atom is 0.251 e. The van der Waals surface area contributed by atoms with Gasteiger partial charge in [0.15, 0.2) is 0 Å². The van der Waals surface area contributed by atoms with Crippen LogP contribution in [0.2, 0.25) is 0 Å². The minimum Gasteiger partial charge on any atom is -0.367 e. The number of nitrogens with one attached hydrogen (secondary N) is 2. The molecule has 0 radical (unpaired) electrons. The van der Waals surface area contributed by atoms with Gasteiger partial charge in [0.25, 0.3) is 5.91 Å². The van der Waals surface area contributed by atoms with E-state index in [1.165, 1.54) is 6.07 Å². The van der Waals surface area contributed by atoms with Gasteiger partial charge >= 0.3 is 0 Å². The number of nitrogens with zero attached hydrogens (tertiary/aromatic N) is 4. The summed E-state index contributed by atoms with van der Waals surface area (Å²) in [5, 5.41) is 21.2. The zero-order valence-corrected chi connectivity index (χ0v) is 21.1. The Morgan fingerprint density at radius 1 is 1.27 bits per heavy atom. The molecular weight excluding hydrogens is 471 g/mol. The van der Waals surface area contributed by atoms with Gasteiger partial charge < -0.3 is 20.3 Å². The van der Waals surface area contributed by atoms with Gasteiger partial charge in [-0.3, -0.25) is 9.48 Å². The molecule has 2 fully saturated rings. The van der Waals surface area contributed by atoms with Crippen molar-refractivity contribution in [2.45, 2.75) is 43.9 Å². The van der Waals surface area contributed by atoms with Crippen LogP contribution in [-0.4, -0.2) is 72.6 Å². The first-order valence-corrected chi connectivity index (χ1v) is 13.0. The molecule has 2 N–H and O–H groups in total. The molecule has 1 amide bonds. The van der Waals surface area contributed by atoms with Gasteiger partial charge in [-0.05, 0) is 74.8 Å². The van der Waals surface area contributed by atoms with Crippen LogP contribution in [0.5, 0.6) is 0 Å². The smallest absolute Gasteiger partial charge is 0.251 e. The lowest BCUT2D eigenvalue weighted by Gasteiger charge is -2.29. The molecule has 8 nitrogen and oxygen atoms in total. The van der Waals surface area contributed by atoms with Gasteiger partial charge in [-0.1, -0.05) is 24.3 Å². The number of hydrogen-bond acceptors (Lipinski definition) is 6. The highest BCUT2D eigenvalue weighted by atomic mass is 19.1. The van der Waals surface area contributed by atoms with E-state index >= 15 is 4.39 Å². The first-order valence-electron chi connectivity index (χ1n) is 13.0. The lowest BCUT2D eigenvalue weighted by atomic mass is 9.99. The number of carbonyl (C=O) groups is 1. The van der Waals surface area contributed by atoms with Crippen molar-refractivity contribution in [3.05, 3.63) is 54.0 Å². The van der Waals surface area contributed by atoms with Crippen LogP contribution in [0.25, 0.3) is 22.0 Å². The topological polar surface area (TPSA) is 95.2 Å². The van der Waals surface area contributed by atoms with Gasteiger partial charge in [0.1, 0.15) is 18.0 Å². The van der Waals surface area contributed by atoms with Gasteiger partial charge in [-0.25, -0.2) is 4.39 Å². The number of halogens is 1. The van der Waals surface area contributed by atoms with E-state index in [2.05, 4.69) is 44.5 Å². The Morgan fingerprint density at radius 2 is 2.05 bits per heavy atom. The Hall–Kier alpha value is -3.32. The van der Waals surface area contributed by atoms with Crippen LogP contribution in [-0.2, 0) is 16.0 Å². The van der Waals surface area contributed by atoms with Crippen molar-refractivity contribution in [2.75, 3.05) is 39.8 Å². The SMILES string of the molecule is CN1CCC(n2ncc3ccc(-c4ccc(C[C@H](C#N)NC(=O)[C@@H]5CNCCCO5)c(F)c4)cc32)CC1. The van der Waals surface area contributed by atoms with Crippen LogP contribution in [0.15, 0.2) is 42.6 Å². The van der Waals surface area contributed by atoms with Crippen LogP contribution in [0.1, 0.15) is 30.9 Å². The number of likely N-dealkylation sites (tertiary alicyclic amines) is 1. The zero-order chi connectivity index (χ0) is 25.8. The fraction of sp³-hybridized carbons (Fsp3) is 0.464. The Balaban J connectivity index is 1.30. The second kappa shape index (κ2) is 11.4. The lowest BCUT2D eigenvalue weighted by molar-refractivity contribution is -0.132. The molecule has 0 saturated carbocycles. The molecule has 9 heteroatoms. The number of ether oxygens (including phenoxy) is 1. The average Bonchev–Trinajstić information content (AvgIpc) is 3.13. The third-order valence-electron chi connectivity index (χ3n) is 7.35. The summed E-state index contributed by atoms with van der Waals surface area (Å²) in [6.07, 6.45) is 4.27. The number of fused-ring (bicyclic) bond motifs is 1. The largest absolute Gasteiger partial charge is 0.367 e. The van der Waals surface area contributed by atoms with Gasteiger partial charge in [0.05, 0.1) is 23.8 Å². The van der Waals surface area contributed by atoms with Crippen LogP contribution < -0.4 is 10.6 Å². The first kappa shape index (κ1) is 25.3. The first-order chi connectivity index (χ1) is 18.0. The van der Waals surface area contributed by atoms with Crippen molar-refractivity contribution < 1.29 is 13.9 Å². The molecule has 0 bridgehead atoms. The maximum atomic E-state index is 15.2. The van der Waals surface area contributed by atoms with E-state index < -0.39 is 18.0 Å². The zero-order valence-electron chi connectivity index (χ0n) is 21.1. The Kier molecular flexibility index (Phi) is 7.79. The van der Waals surface area contributed by atoms with E-state index in [9.17, 15) is 10.1 Å². The number of carbonyl (C=O) groups excluding carboxylic acids is 1. The number of hydrogen-bond donors (Lipinski definition) is 2. The number of nitriles is 1. The number of piperidine rings is 1. The third-order valence-corrected chi connectivity index (χ3v) is 7.35. The van der Waals surface area contributed by atoms with E-state index in [0.717, 1.165) is 60.9 Å². The molecule has 194 valence electrons. The lowest BCUT2D eigenvalue weighted by Crippen LogP contribution is -2.46. The predicted molar refractivity (Wildman–Crippen MR) is 139 cm³/mol. The predicted octanol–water partition coefficient (Wildman–Crippen LogP) is 3.04. The Morgan fingerprint density at radius 3 is 2.84 bits per heavy atom. The van der Waals surface area contributed by atoms with E-state index in [1.807, 2.05) is 24.4 Å². The van der Waals surface area contributed by atoms with E-state index in [0.29, 0.717) is 24.8 Å². The van der Waals surface area contributed by atoms with Gasteiger partial charge in [0, 0.05) is 25.0 Å². The summed E-state index contributed by atoms with van der Waals surface area (Å²) in [6, 6.07) is 12.7. The summed E-state index contributed by atoms with van der Waals surface area (Å²) in [5.74, 6) is -0.754. The molecule has 0 unspecified atom stereocenters. The molecule has 2 aromatic carbocycles. The van der Waals surface area contributed by atoms with Crippen molar-refractivity contribution in [1.82, 2.24) is 25.3 Å². The molecule has 2 aliphatic rings. The van der Waals surface area contributed by atoms with E-state index in [4.69, 9.17) is 4.74 Å². The van der Waals surface area contributed by atoms with E-state index in [-0.39, 0.29) is 12.3 Å². The number of amides is 1. The Bertz CT molecular complexity index is 1290. The highest BCUT2D eigenvalue weighted by Gasteiger charge is 2.24. The molecule has 5 rings (SSSR count). The second-order valence-electron chi connectivity index (χ2n) is 10.0. The number of aromatic nitrogens is 2. The summed E-state index contributed by atoms with van der Waals surface area (Å²) in [4.78, 5) is 14.9. The highest BCUT2D eigenvalue weighted by molar-refractivity contribution is 5.84. The van der Waals surface area contributed by atoms with E-state index in [1.54, 1.807) is 6.07 Å². The monoisotopic (exact) mass is 504 g/mol. The molecule has 2 atom stereocenters. The van der Waals surface area contributed by atoms with Crippen LogP contribution in [0, 0.1) is 17.1 Å². The normalized spacial score (nSPS) is 20.3. The summed E-state index contributed by atoms with van der Waals surface area (Å²) < 4.78 is 22.8. The Labute approximate surface area is 216 Å². The summed E-state index contributed by atoms with van der Waals surface area (Å²) in [7, 11) is 2.14. The molecule has 3 heterocycles. The highest BCUT2D eigenvalue weighted by Crippen LogP contribution is 2.30. The quantitative estimate of drug-likeness (QED) is 0.536. The second-order valence-corrected chi connectivity index (χ2v) is 10.0. The van der Waals surface area contributed by atoms with Crippen LogP contribution in [0.3, 0.4) is 0 Å². The van der Waals surface area contributed by atoms with Gasteiger partial charge in [-0.2, -0.15) is 10.4 Å². The number of benzene rings is 2. The molecular formula is C28H33FN6O2. The summed E-state index contributed by atoms with van der Waals surface area (Å²) in [5.41, 5.74) is 3.11. The molecule has 37 heavy (non-hydrogen) atoms. The molecule has 3 aromatic rings. The fourth-order valence-corrected chi connectivity index (χ4v) is 5.14. The number of rotatable bonds is 6. The van der Waals surface area contributed by atoms with Crippen molar-refractivity contribution in [3.8, 4) is 17.2 Å². The minimum atomic E-state index is -0.847. The van der Waals surface area contributed by atoms with Crippen molar-refractivity contribution in [3.63, 3.8) is 0 Å².